The van der Waals surface area contributed by atoms with Crippen molar-refractivity contribution in [3.8, 4) is 0 Å². The van der Waals surface area contributed by atoms with Crippen LogP contribution in [-0.4, -0.2) is 18.9 Å². The Morgan fingerprint density at radius 3 is 1.63 bits per heavy atom. The molecule has 0 radical (unpaired) electrons. The van der Waals surface area contributed by atoms with Crippen molar-refractivity contribution in [2.75, 3.05) is 6.61 Å². The van der Waals surface area contributed by atoms with Crippen LogP contribution in [0.4, 0.5) is 0 Å². The first-order valence-electron chi connectivity index (χ1n) is 7.93. The summed E-state index contributed by atoms with van der Waals surface area (Å²) >= 11 is 0. The van der Waals surface area contributed by atoms with Crippen LogP contribution < -0.4 is 0 Å². The van der Waals surface area contributed by atoms with Crippen LogP contribution in [0.5, 0.6) is 0 Å². The number of carbonyl (C=O) groups is 2. The molecule has 0 aliphatic rings. The summed E-state index contributed by atoms with van der Waals surface area (Å²) in [5, 5.41) is 0. The summed E-state index contributed by atoms with van der Waals surface area (Å²) in [4.78, 5) is 20.5. The maximum absolute atomic E-state index is 10.5. The van der Waals surface area contributed by atoms with Gasteiger partial charge in [0.15, 0.2) is 0 Å². The third kappa shape index (κ3) is 15.1. The average Bonchev–Trinajstić information content (AvgIpc) is 2.43. The van der Waals surface area contributed by atoms with Crippen molar-refractivity contribution in [2.24, 2.45) is 0 Å². The van der Waals surface area contributed by atoms with Gasteiger partial charge in [-0.3, -0.25) is 4.79 Å². The molecule has 0 spiro atoms. The lowest BCUT2D eigenvalue weighted by Gasteiger charge is -2.03. The first-order valence-corrected chi connectivity index (χ1v) is 7.93. The van der Waals surface area contributed by atoms with Crippen LogP contribution in [0, 0.1) is 0 Å². The number of ether oxygens (including phenoxy) is 1. The third-order valence-corrected chi connectivity index (χ3v) is 3.34. The van der Waals surface area contributed by atoms with Gasteiger partial charge in [-0.2, -0.15) is 0 Å². The summed E-state index contributed by atoms with van der Waals surface area (Å²) in [6.07, 6.45) is 15.6. The molecule has 0 aromatic rings. The number of aldehydes is 1. The molecule has 0 aliphatic heterocycles. The van der Waals surface area contributed by atoms with Crippen molar-refractivity contribution < 1.29 is 14.3 Å². The topological polar surface area (TPSA) is 43.4 Å². The van der Waals surface area contributed by atoms with Crippen molar-refractivity contribution in [3.63, 3.8) is 0 Å². The second-order valence-corrected chi connectivity index (χ2v) is 5.17. The number of rotatable bonds is 14. The van der Waals surface area contributed by atoms with Gasteiger partial charge in [0.05, 0.1) is 6.61 Å². The zero-order valence-electron chi connectivity index (χ0n) is 12.5. The Hall–Kier alpha value is -0.860. The zero-order valence-corrected chi connectivity index (χ0v) is 12.5. The van der Waals surface area contributed by atoms with Crippen molar-refractivity contribution in [1.82, 2.24) is 0 Å². The molecule has 0 aromatic heterocycles. The average molecular weight is 270 g/mol. The van der Waals surface area contributed by atoms with Crippen molar-refractivity contribution >= 4 is 12.3 Å². The third-order valence-electron chi connectivity index (χ3n) is 3.34. The maximum Gasteiger partial charge on any atom is 0.371 e. The molecule has 3 heteroatoms. The first-order chi connectivity index (χ1) is 9.31. The van der Waals surface area contributed by atoms with Gasteiger partial charge in [-0.15, -0.1) is 0 Å². The molecule has 0 unspecified atom stereocenters. The van der Waals surface area contributed by atoms with E-state index in [0.717, 1.165) is 12.8 Å². The fourth-order valence-corrected chi connectivity index (χ4v) is 2.15. The van der Waals surface area contributed by atoms with E-state index in [9.17, 15) is 9.59 Å². The van der Waals surface area contributed by atoms with Crippen molar-refractivity contribution in [1.29, 1.82) is 0 Å². The first kappa shape index (κ1) is 18.1. The molecular formula is C16H30O3. The second-order valence-electron chi connectivity index (χ2n) is 5.17. The smallest absolute Gasteiger partial charge is 0.371 e. The van der Waals surface area contributed by atoms with Crippen LogP contribution in [0.3, 0.4) is 0 Å². The molecule has 0 fully saturated rings. The van der Waals surface area contributed by atoms with Crippen LogP contribution in [0.25, 0.3) is 0 Å². The monoisotopic (exact) mass is 270 g/mol. The van der Waals surface area contributed by atoms with Gasteiger partial charge in [-0.1, -0.05) is 77.6 Å². The highest BCUT2D eigenvalue weighted by molar-refractivity contribution is 6.20. The molecule has 19 heavy (non-hydrogen) atoms. The van der Waals surface area contributed by atoms with Crippen molar-refractivity contribution in [2.45, 2.75) is 84.0 Å². The number of esters is 1. The van der Waals surface area contributed by atoms with Crippen LogP contribution in [0.2, 0.25) is 0 Å². The van der Waals surface area contributed by atoms with Gasteiger partial charge in [-0.05, 0) is 6.42 Å². The van der Waals surface area contributed by atoms with Crippen LogP contribution in [-0.2, 0) is 14.3 Å². The summed E-state index contributed by atoms with van der Waals surface area (Å²) in [5.41, 5.74) is 0. The Balaban J connectivity index is 2.99. The van der Waals surface area contributed by atoms with E-state index in [0.29, 0.717) is 6.61 Å². The molecule has 0 aliphatic carbocycles. The molecular weight excluding hydrogens is 240 g/mol. The minimum Gasteiger partial charge on any atom is -0.460 e. The standard InChI is InChI=1S/C16H30O3/c1-2-3-4-5-6-7-8-9-10-11-12-13-14-19-16(18)15-17/h15H,2-14H2,1H3. The highest BCUT2D eigenvalue weighted by Gasteiger charge is 1.98. The molecule has 0 rings (SSSR count). The van der Waals surface area contributed by atoms with E-state index >= 15 is 0 Å². The lowest BCUT2D eigenvalue weighted by Crippen LogP contribution is -2.06. The predicted molar refractivity (Wildman–Crippen MR) is 78.1 cm³/mol. The Morgan fingerprint density at radius 1 is 0.789 bits per heavy atom. The Labute approximate surface area is 118 Å². The molecule has 0 amide bonds. The van der Waals surface area contributed by atoms with Gasteiger partial charge in [0.2, 0.25) is 6.29 Å². The Kier molecular flexibility index (Phi) is 14.5. The predicted octanol–water partition coefficient (Wildman–Crippen LogP) is 4.43. The number of carbonyl (C=O) groups excluding carboxylic acids is 2. The lowest BCUT2D eigenvalue weighted by atomic mass is 10.1. The highest BCUT2D eigenvalue weighted by atomic mass is 16.5. The number of hydrogen-bond acceptors (Lipinski definition) is 3. The largest absolute Gasteiger partial charge is 0.460 e. The summed E-state index contributed by atoms with van der Waals surface area (Å²) in [6, 6.07) is 0. The minimum absolute atomic E-state index is 0.223. The van der Waals surface area contributed by atoms with Crippen LogP contribution in [0.15, 0.2) is 0 Å². The molecule has 0 bridgehead atoms. The minimum atomic E-state index is -0.747. The molecule has 0 saturated carbocycles. The van der Waals surface area contributed by atoms with Gasteiger partial charge < -0.3 is 4.74 Å². The van der Waals surface area contributed by atoms with E-state index in [1.165, 1.54) is 64.2 Å². The number of unbranched alkanes of at least 4 members (excludes halogenated alkanes) is 11. The molecule has 0 aromatic carbocycles. The van der Waals surface area contributed by atoms with E-state index in [1.54, 1.807) is 0 Å². The second kappa shape index (κ2) is 15.2. The van der Waals surface area contributed by atoms with Crippen LogP contribution >= 0.6 is 0 Å². The molecule has 0 heterocycles. The fourth-order valence-electron chi connectivity index (χ4n) is 2.15. The number of hydrogen-bond donors (Lipinski definition) is 0. The zero-order chi connectivity index (χ0) is 14.2. The highest BCUT2D eigenvalue weighted by Crippen LogP contribution is 2.11. The normalized spacial score (nSPS) is 10.4. The van der Waals surface area contributed by atoms with E-state index in [2.05, 4.69) is 11.7 Å². The van der Waals surface area contributed by atoms with Gasteiger partial charge in [0.1, 0.15) is 0 Å². The summed E-state index contributed by atoms with van der Waals surface area (Å²) in [6.45, 7) is 2.63. The Morgan fingerprint density at radius 2 is 1.21 bits per heavy atom. The Bertz CT molecular complexity index is 214. The molecule has 0 saturated heterocycles. The fraction of sp³-hybridized carbons (Fsp3) is 0.875. The SMILES string of the molecule is CCCCCCCCCCCCCCOC(=O)C=O. The van der Waals surface area contributed by atoms with E-state index < -0.39 is 5.97 Å². The summed E-state index contributed by atoms with van der Waals surface area (Å²) in [7, 11) is 0. The molecule has 3 nitrogen and oxygen atoms in total. The maximum atomic E-state index is 10.5. The lowest BCUT2D eigenvalue weighted by molar-refractivity contribution is -0.148. The van der Waals surface area contributed by atoms with Gasteiger partial charge in [0, 0.05) is 0 Å². The van der Waals surface area contributed by atoms with Gasteiger partial charge in [0.25, 0.3) is 0 Å². The van der Waals surface area contributed by atoms with E-state index in [-0.39, 0.29) is 6.29 Å². The molecule has 0 atom stereocenters. The van der Waals surface area contributed by atoms with Gasteiger partial charge in [-0.25, -0.2) is 4.79 Å². The van der Waals surface area contributed by atoms with Gasteiger partial charge >= 0.3 is 5.97 Å². The quantitative estimate of drug-likeness (QED) is 0.203. The molecule has 112 valence electrons. The van der Waals surface area contributed by atoms with Crippen LogP contribution in [0.1, 0.15) is 84.0 Å². The summed E-state index contributed by atoms with van der Waals surface area (Å²) in [5.74, 6) is -0.747. The van der Waals surface area contributed by atoms with E-state index in [1.807, 2.05) is 0 Å². The summed E-state index contributed by atoms with van der Waals surface area (Å²) < 4.78 is 4.68. The van der Waals surface area contributed by atoms with Crippen molar-refractivity contribution in [3.05, 3.63) is 0 Å². The molecule has 0 N–H and O–H groups in total. The van der Waals surface area contributed by atoms with E-state index in [4.69, 9.17) is 0 Å².